The van der Waals surface area contributed by atoms with Gasteiger partial charge in [-0.3, -0.25) is 4.79 Å². The van der Waals surface area contributed by atoms with Gasteiger partial charge in [-0.25, -0.2) is 9.97 Å². The standard InChI is InChI=1S/C23H21N3O3S/c1-15-16(2)29-23(24-15)18-9-6-10-19(11-18)25-21(27)14-30-13-20-12-28-22(26-20)17-7-4-3-5-8-17/h3-12H,13-14H2,1-2H3,(H,25,27). The quantitative estimate of drug-likeness (QED) is 0.427. The predicted octanol–water partition coefficient (Wildman–Crippen LogP) is 5.49. The van der Waals surface area contributed by atoms with Gasteiger partial charge in [0.1, 0.15) is 12.0 Å². The molecule has 0 aliphatic carbocycles. The average molecular weight is 420 g/mol. The van der Waals surface area contributed by atoms with E-state index in [1.807, 2.05) is 68.4 Å². The van der Waals surface area contributed by atoms with Gasteiger partial charge in [-0.15, -0.1) is 11.8 Å². The number of hydrogen-bond acceptors (Lipinski definition) is 6. The Morgan fingerprint density at radius 2 is 1.80 bits per heavy atom. The van der Waals surface area contributed by atoms with Crippen LogP contribution in [0, 0.1) is 13.8 Å². The largest absolute Gasteiger partial charge is 0.444 e. The zero-order valence-corrected chi connectivity index (χ0v) is 17.5. The molecule has 0 radical (unpaired) electrons. The normalized spacial score (nSPS) is 10.9. The van der Waals surface area contributed by atoms with Crippen LogP contribution in [0.5, 0.6) is 0 Å². The van der Waals surface area contributed by atoms with Gasteiger partial charge in [0, 0.05) is 22.6 Å². The molecule has 6 nitrogen and oxygen atoms in total. The lowest BCUT2D eigenvalue weighted by Gasteiger charge is -2.06. The third-order valence-electron chi connectivity index (χ3n) is 4.48. The number of hydrogen-bond donors (Lipinski definition) is 1. The Bertz CT molecular complexity index is 1130. The molecule has 0 bridgehead atoms. The summed E-state index contributed by atoms with van der Waals surface area (Å²) in [5.41, 5.74) is 4.14. The van der Waals surface area contributed by atoms with E-state index in [-0.39, 0.29) is 5.91 Å². The number of rotatable bonds is 7. The van der Waals surface area contributed by atoms with Crippen molar-refractivity contribution in [1.29, 1.82) is 0 Å². The lowest BCUT2D eigenvalue weighted by molar-refractivity contribution is -0.113. The topological polar surface area (TPSA) is 81.2 Å². The number of benzene rings is 2. The van der Waals surface area contributed by atoms with Crippen molar-refractivity contribution < 1.29 is 13.6 Å². The molecule has 0 saturated heterocycles. The molecule has 0 spiro atoms. The minimum Gasteiger partial charge on any atom is -0.444 e. The van der Waals surface area contributed by atoms with Gasteiger partial charge in [-0.2, -0.15) is 0 Å². The molecule has 7 heteroatoms. The van der Waals surface area contributed by atoms with E-state index >= 15 is 0 Å². The van der Waals surface area contributed by atoms with Crippen LogP contribution >= 0.6 is 11.8 Å². The summed E-state index contributed by atoms with van der Waals surface area (Å²) in [6.45, 7) is 3.79. The van der Waals surface area contributed by atoms with Crippen LogP contribution in [0.15, 0.2) is 69.7 Å². The third kappa shape index (κ3) is 4.80. The van der Waals surface area contributed by atoms with Crippen LogP contribution in [0.4, 0.5) is 5.69 Å². The molecule has 0 fully saturated rings. The van der Waals surface area contributed by atoms with Crippen LogP contribution in [0.3, 0.4) is 0 Å². The number of oxazole rings is 2. The van der Waals surface area contributed by atoms with E-state index in [0.29, 0.717) is 29.0 Å². The fourth-order valence-corrected chi connectivity index (χ4v) is 3.56. The van der Waals surface area contributed by atoms with Gasteiger partial charge in [-0.1, -0.05) is 24.3 Å². The second-order valence-corrected chi connectivity index (χ2v) is 7.78. The summed E-state index contributed by atoms with van der Waals surface area (Å²) in [5.74, 6) is 2.76. The van der Waals surface area contributed by atoms with Crippen molar-refractivity contribution in [3.63, 3.8) is 0 Å². The van der Waals surface area contributed by atoms with Crippen LogP contribution < -0.4 is 5.32 Å². The maximum absolute atomic E-state index is 12.3. The van der Waals surface area contributed by atoms with Crippen molar-refractivity contribution in [2.75, 3.05) is 11.1 Å². The first-order chi connectivity index (χ1) is 14.6. The summed E-state index contributed by atoms with van der Waals surface area (Å²) in [5, 5.41) is 2.92. The second-order valence-electron chi connectivity index (χ2n) is 6.79. The van der Waals surface area contributed by atoms with E-state index in [2.05, 4.69) is 15.3 Å². The van der Waals surface area contributed by atoms with Gasteiger partial charge in [0.15, 0.2) is 0 Å². The number of thioether (sulfide) groups is 1. The summed E-state index contributed by atoms with van der Waals surface area (Å²) >= 11 is 1.48. The fourth-order valence-electron chi connectivity index (χ4n) is 2.86. The van der Waals surface area contributed by atoms with Crippen molar-refractivity contribution >= 4 is 23.4 Å². The zero-order chi connectivity index (χ0) is 20.9. The Balaban J connectivity index is 1.30. The highest BCUT2D eigenvalue weighted by Gasteiger charge is 2.11. The molecule has 0 unspecified atom stereocenters. The van der Waals surface area contributed by atoms with E-state index in [0.717, 1.165) is 28.3 Å². The number of amides is 1. The summed E-state index contributed by atoms with van der Waals surface area (Å²) in [6.07, 6.45) is 1.64. The maximum atomic E-state index is 12.3. The van der Waals surface area contributed by atoms with Crippen LogP contribution in [-0.4, -0.2) is 21.6 Å². The van der Waals surface area contributed by atoms with Gasteiger partial charge >= 0.3 is 0 Å². The molecular formula is C23H21N3O3S. The second kappa shape index (κ2) is 9.00. The highest BCUT2D eigenvalue weighted by molar-refractivity contribution is 7.99. The number of carbonyl (C=O) groups excluding carboxylic acids is 1. The lowest BCUT2D eigenvalue weighted by Crippen LogP contribution is -2.14. The molecule has 4 aromatic rings. The van der Waals surface area contributed by atoms with Crippen molar-refractivity contribution in [3.8, 4) is 22.9 Å². The number of nitrogens with one attached hydrogen (secondary N) is 1. The molecule has 2 heterocycles. The van der Waals surface area contributed by atoms with Gasteiger partial charge in [0.2, 0.25) is 17.7 Å². The summed E-state index contributed by atoms with van der Waals surface area (Å²) in [6, 6.07) is 17.2. The smallest absolute Gasteiger partial charge is 0.234 e. The first-order valence-corrected chi connectivity index (χ1v) is 10.7. The third-order valence-corrected chi connectivity index (χ3v) is 5.44. The van der Waals surface area contributed by atoms with Gasteiger partial charge in [0.25, 0.3) is 0 Å². The van der Waals surface area contributed by atoms with E-state index in [9.17, 15) is 4.79 Å². The van der Waals surface area contributed by atoms with Crippen LogP contribution in [0.2, 0.25) is 0 Å². The maximum Gasteiger partial charge on any atom is 0.234 e. The Hall–Kier alpha value is -3.32. The van der Waals surface area contributed by atoms with Gasteiger partial charge < -0.3 is 14.2 Å². The monoisotopic (exact) mass is 419 g/mol. The highest BCUT2D eigenvalue weighted by Crippen LogP contribution is 2.24. The lowest BCUT2D eigenvalue weighted by atomic mass is 10.2. The van der Waals surface area contributed by atoms with Gasteiger partial charge in [-0.05, 0) is 44.2 Å². The molecule has 0 saturated carbocycles. The minimum absolute atomic E-state index is 0.0799. The summed E-state index contributed by atoms with van der Waals surface area (Å²) < 4.78 is 11.2. The molecule has 152 valence electrons. The van der Waals surface area contributed by atoms with E-state index in [1.54, 1.807) is 6.26 Å². The average Bonchev–Trinajstić information content (AvgIpc) is 3.36. The number of nitrogens with zero attached hydrogens (tertiary/aromatic N) is 2. The molecule has 2 aromatic heterocycles. The number of aryl methyl sites for hydroxylation is 2. The molecule has 0 aliphatic rings. The first-order valence-electron chi connectivity index (χ1n) is 9.50. The van der Waals surface area contributed by atoms with Crippen LogP contribution in [-0.2, 0) is 10.5 Å². The molecule has 4 rings (SSSR count). The summed E-state index contributed by atoms with van der Waals surface area (Å²) in [7, 11) is 0. The molecule has 0 aliphatic heterocycles. The molecule has 2 aromatic carbocycles. The number of anilines is 1. The highest BCUT2D eigenvalue weighted by atomic mass is 32.2. The zero-order valence-electron chi connectivity index (χ0n) is 16.7. The fraction of sp³-hybridized carbons (Fsp3) is 0.174. The summed E-state index contributed by atoms with van der Waals surface area (Å²) in [4.78, 5) is 21.2. The number of carbonyl (C=O) groups is 1. The van der Waals surface area contributed by atoms with Crippen molar-refractivity contribution in [2.45, 2.75) is 19.6 Å². The molecule has 1 amide bonds. The van der Waals surface area contributed by atoms with E-state index < -0.39 is 0 Å². The Labute approximate surface area is 178 Å². The predicted molar refractivity (Wildman–Crippen MR) is 118 cm³/mol. The Morgan fingerprint density at radius 1 is 1.00 bits per heavy atom. The molecular weight excluding hydrogens is 398 g/mol. The number of aromatic nitrogens is 2. The first kappa shape index (κ1) is 20.0. The van der Waals surface area contributed by atoms with Crippen molar-refractivity contribution in [2.24, 2.45) is 0 Å². The molecule has 1 N–H and O–H groups in total. The van der Waals surface area contributed by atoms with Crippen LogP contribution in [0.1, 0.15) is 17.1 Å². The van der Waals surface area contributed by atoms with Crippen LogP contribution in [0.25, 0.3) is 22.9 Å². The molecule has 30 heavy (non-hydrogen) atoms. The van der Waals surface area contributed by atoms with Crippen molar-refractivity contribution in [3.05, 3.63) is 78.0 Å². The van der Waals surface area contributed by atoms with Crippen molar-refractivity contribution in [1.82, 2.24) is 9.97 Å². The Morgan fingerprint density at radius 3 is 2.57 bits per heavy atom. The minimum atomic E-state index is -0.0799. The van der Waals surface area contributed by atoms with E-state index in [4.69, 9.17) is 8.83 Å². The van der Waals surface area contributed by atoms with E-state index in [1.165, 1.54) is 11.8 Å². The SMILES string of the molecule is Cc1nc(-c2cccc(NC(=O)CSCc3coc(-c4ccccc4)n3)c2)oc1C. The van der Waals surface area contributed by atoms with Gasteiger partial charge in [0.05, 0.1) is 17.1 Å². The Kier molecular flexibility index (Phi) is 5.99. The molecule has 0 atom stereocenters.